The molecular weight excluding hydrogens is 499 g/mol. The summed E-state index contributed by atoms with van der Waals surface area (Å²) in [4.78, 5) is 21.6. The average molecular weight is 519 g/mol. The number of carbonyl (C=O) groups is 1. The van der Waals surface area contributed by atoms with Crippen LogP contribution in [0.2, 0.25) is 0 Å². The van der Waals surface area contributed by atoms with Crippen molar-refractivity contribution in [2.24, 2.45) is 0 Å². The summed E-state index contributed by atoms with van der Waals surface area (Å²) in [5.74, 6) is -3.35. The van der Waals surface area contributed by atoms with Crippen molar-refractivity contribution >= 4 is 16.9 Å². The molecule has 3 aromatic carbocycles. The first kappa shape index (κ1) is 23.7. The van der Waals surface area contributed by atoms with Gasteiger partial charge in [-0.15, -0.1) is 0 Å². The fourth-order valence-electron chi connectivity index (χ4n) is 4.82. The van der Waals surface area contributed by atoms with E-state index in [1.165, 1.54) is 24.4 Å². The number of para-hydroxylation sites is 1. The highest BCUT2D eigenvalue weighted by Crippen LogP contribution is 2.41. The summed E-state index contributed by atoms with van der Waals surface area (Å²) in [6, 6.07) is 11.7. The summed E-state index contributed by atoms with van der Waals surface area (Å²) >= 11 is 0. The molecule has 1 atom stereocenters. The normalized spacial score (nSPS) is 14.8. The minimum absolute atomic E-state index is 0.0294. The molecule has 5 aromatic rings. The largest absolute Gasteiger partial charge is 0.493 e. The third-order valence-electron chi connectivity index (χ3n) is 6.57. The highest BCUT2D eigenvalue weighted by atomic mass is 19.1. The zero-order chi connectivity index (χ0) is 26.4. The van der Waals surface area contributed by atoms with E-state index in [0.717, 1.165) is 17.7 Å². The Labute approximate surface area is 213 Å². The smallest absolute Gasteiger partial charge is 0.307 e. The number of hydrogen-bond donors (Lipinski definition) is 3. The molecule has 2 aromatic heterocycles. The number of aliphatic carboxylic acids is 1. The summed E-state index contributed by atoms with van der Waals surface area (Å²) in [7, 11) is 0. The van der Waals surface area contributed by atoms with E-state index in [-0.39, 0.29) is 34.9 Å². The number of aromatic amines is 2. The van der Waals surface area contributed by atoms with Gasteiger partial charge >= 0.3 is 5.97 Å². The van der Waals surface area contributed by atoms with Crippen LogP contribution in [0.5, 0.6) is 17.2 Å². The van der Waals surface area contributed by atoms with Crippen molar-refractivity contribution in [3.63, 3.8) is 0 Å². The van der Waals surface area contributed by atoms with Gasteiger partial charge in [-0.2, -0.15) is 0 Å². The van der Waals surface area contributed by atoms with Crippen molar-refractivity contribution in [1.29, 1.82) is 0 Å². The fraction of sp³-hybridized carbons (Fsp3) is 0.143. The first-order valence-electron chi connectivity index (χ1n) is 11.8. The Bertz CT molecular complexity index is 1690. The first-order valence-corrected chi connectivity index (χ1v) is 11.8. The van der Waals surface area contributed by atoms with Gasteiger partial charge in [0.1, 0.15) is 23.1 Å². The number of nitrogens with one attached hydrogen (secondary N) is 2. The summed E-state index contributed by atoms with van der Waals surface area (Å²) in [5.41, 5.74) is 2.35. The minimum atomic E-state index is -0.962. The van der Waals surface area contributed by atoms with E-state index < -0.39 is 29.2 Å². The van der Waals surface area contributed by atoms with Crippen LogP contribution in [0.25, 0.3) is 22.3 Å². The van der Waals surface area contributed by atoms with Gasteiger partial charge in [-0.3, -0.25) is 4.79 Å². The molecule has 7 nitrogen and oxygen atoms in total. The van der Waals surface area contributed by atoms with Gasteiger partial charge in [0.25, 0.3) is 0 Å². The number of halogens is 3. The highest BCUT2D eigenvalue weighted by Gasteiger charge is 2.28. The number of H-pyrrole nitrogens is 2. The molecule has 0 bridgehead atoms. The molecule has 0 saturated heterocycles. The van der Waals surface area contributed by atoms with Crippen molar-refractivity contribution in [2.75, 3.05) is 6.61 Å². The van der Waals surface area contributed by atoms with Crippen LogP contribution >= 0.6 is 0 Å². The van der Waals surface area contributed by atoms with Crippen molar-refractivity contribution in [3.05, 3.63) is 95.2 Å². The topological polar surface area (TPSA) is 100 Å². The molecule has 38 heavy (non-hydrogen) atoms. The third kappa shape index (κ3) is 4.13. The van der Waals surface area contributed by atoms with E-state index in [4.69, 9.17) is 9.47 Å². The number of hydrogen-bond acceptors (Lipinski definition) is 4. The number of rotatable bonds is 6. The molecule has 0 aliphatic carbocycles. The Hall–Kier alpha value is -4.73. The molecule has 0 amide bonds. The van der Waals surface area contributed by atoms with Gasteiger partial charge in [-0.05, 0) is 30.7 Å². The minimum Gasteiger partial charge on any atom is -0.493 e. The van der Waals surface area contributed by atoms with Crippen molar-refractivity contribution in [2.45, 2.75) is 18.8 Å². The van der Waals surface area contributed by atoms with Crippen molar-refractivity contribution in [3.8, 4) is 28.6 Å². The molecule has 192 valence electrons. The van der Waals surface area contributed by atoms with E-state index in [0.29, 0.717) is 35.6 Å². The number of nitrogens with zero attached hydrogens (tertiary/aromatic N) is 1. The van der Waals surface area contributed by atoms with Crippen LogP contribution in [0, 0.1) is 17.5 Å². The molecule has 0 spiro atoms. The van der Waals surface area contributed by atoms with E-state index in [1.54, 1.807) is 18.3 Å². The van der Waals surface area contributed by atoms with Crippen LogP contribution in [-0.2, 0) is 11.2 Å². The van der Waals surface area contributed by atoms with Crippen LogP contribution in [0.15, 0.2) is 60.9 Å². The Balaban J connectivity index is 1.32. The maximum atomic E-state index is 14.9. The van der Waals surface area contributed by atoms with Crippen LogP contribution < -0.4 is 9.47 Å². The van der Waals surface area contributed by atoms with Crippen molar-refractivity contribution < 1.29 is 32.5 Å². The second-order valence-electron chi connectivity index (χ2n) is 8.95. The van der Waals surface area contributed by atoms with Gasteiger partial charge < -0.3 is 24.5 Å². The summed E-state index contributed by atoms with van der Waals surface area (Å²) in [6.45, 7) is 0.372. The molecule has 3 N–H and O–H groups in total. The Kier molecular flexibility index (Phi) is 5.79. The van der Waals surface area contributed by atoms with Gasteiger partial charge in [0.2, 0.25) is 0 Å². The van der Waals surface area contributed by atoms with Crippen LogP contribution in [-0.4, -0.2) is 32.6 Å². The number of aromatic nitrogens is 3. The molecule has 0 unspecified atom stereocenters. The summed E-state index contributed by atoms with van der Waals surface area (Å²) < 4.78 is 55.6. The summed E-state index contributed by atoms with van der Waals surface area (Å²) in [6.07, 6.45) is 3.58. The van der Waals surface area contributed by atoms with E-state index in [1.807, 2.05) is 6.07 Å². The summed E-state index contributed by atoms with van der Waals surface area (Å²) in [5, 5.41) is 9.40. The van der Waals surface area contributed by atoms with Crippen LogP contribution in [0.3, 0.4) is 0 Å². The molecule has 10 heteroatoms. The highest BCUT2D eigenvalue weighted by molar-refractivity contribution is 5.82. The number of ether oxygens (including phenoxy) is 2. The fourth-order valence-corrected chi connectivity index (χ4v) is 4.82. The van der Waals surface area contributed by atoms with E-state index in [2.05, 4.69) is 15.0 Å². The van der Waals surface area contributed by atoms with Gasteiger partial charge in [0, 0.05) is 40.9 Å². The third-order valence-corrected chi connectivity index (χ3v) is 6.57. The lowest BCUT2D eigenvalue weighted by molar-refractivity contribution is -0.136. The van der Waals surface area contributed by atoms with Crippen molar-refractivity contribution in [1.82, 2.24) is 15.0 Å². The molecule has 3 heterocycles. The first-order chi connectivity index (χ1) is 18.4. The maximum absolute atomic E-state index is 14.9. The zero-order valence-corrected chi connectivity index (χ0v) is 19.7. The number of carboxylic acid groups (broad SMARTS) is 1. The molecule has 0 radical (unpaired) electrons. The van der Waals surface area contributed by atoms with E-state index >= 15 is 0 Å². The average Bonchev–Trinajstić information content (AvgIpc) is 3.57. The van der Waals surface area contributed by atoms with Crippen LogP contribution in [0.4, 0.5) is 13.2 Å². The lowest BCUT2D eigenvalue weighted by atomic mass is 9.88. The maximum Gasteiger partial charge on any atom is 0.307 e. The Morgan fingerprint density at radius 1 is 1.11 bits per heavy atom. The number of benzene rings is 3. The molecule has 0 fully saturated rings. The lowest BCUT2D eigenvalue weighted by Gasteiger charge is -2.26. The van der Waals surface area contributed by atoms with Gasteiger partial charge in [-0.25, -0.2) is 18.2 Å². The quantitative estimate of drug-likeness (QED) is 0.244. The standard InChI is InChI=1S/C28H20F3N3O4/c29-20-5-4-15(38-27-21(30)12-22-18(25(27)31)6-8-32-22)11-19(20)28-33-13-23(34-28)16-7-9-37-26-14(10-24(35)36)2-1-3-17(16)26/h1-6,8,11-13,16,32H,7,9-10H2,(H,33,34)(H,35,36)/t16-/m1/s1. The lowest BCUT2D eigenvalue weighted by Crippen LogP contribution is -2.17. The van der Waals surface area contributed by atoms with E-state index in [9.17, 15) is 23.1 Å². The van der Waals surface area contributed by atoms with Gasteiger partial charge in [0.05, 0.1) is 29.8 Å². The molecule has 0 saturated carbocycles. The Morgan fingerprint density at radius 3 is 2.82 bits per heavy atom. The SMILES string of the molecule is O=C(O)Cc1cccc2c1OCC[C@H]2c1c[nH]c(-c2cc(Oc3c(F)cc4[nH]ccc4c3F)ccc2F)n1. The number of imidazole rings is 1. The molecule has 1 aliphatic rings. The van der Waals surface area contributed by atoms with Crippen LogP contribution in [0.1, 0.15) is 29.2 Å². The predicted molar refractivity (Wildman–Crippen MR) is 132 cm³/mol. The number of carboxylic acids is 1. The van der Waals surface area contributed by atoms with Gasteiger partial charge in [0.15, 0.2) is 17.4 Å². The zero-order valence-electron chi connectivity index (χ0n) is 19.7. The Morgan fingerprint density at radius 2 is 1.97 bits per heavy atom. The second kappa shape index (κ2) is 9.29. The monoisotopic (exact) mass is 519 g/mol. The second-order valence-corrected chi connectivity index (χ2v) is 8.95. The molecule has 6 rings (SSSR count). The number of fused-ring (bicyclic) bond motifs is 2. The molecular formula is C28H20F3N3O4. The van der Waals surface area contributed by atoms with Gasteiger partial charge in [-0.1, -0.05) is 18.2 Å². The predicted octanol–water partition coefficient (Wildman–Crippen LogP) is 6.31. The molecule has 1 aliphatic heterocycles.